The van der Waals surface area contributed by atoms with Crippen LogP contribution >= 0.6 is 0 Å². The van der Waals surface area contributed by atoms with E-state index in [4.69, 9.17) is 14.2 Å². The van der Waals surface area contributed by atoms with Crippen LogP contribution in [0.1, 0.15) is 121 Å². The Kier molecular flexibility index (Phi) is 9.56. The number of benzene rings is 4. The number of carbonyl (C=O) groups is 1. The predicted molar refractivity (Wildman–Crippen MR) is 191 cm³/mol. The van der Waals surface area contributed by atoms with E-state index in [1.54, 1.807) is 43.5 Å². The second-order valence-electron chi connectivity index (χ2n) is 16.4. The topological polar surface area (TPSA) is 44.8 Å². The van der Waals surface area contributed by atoms with Gasteiger partial charge in [-0.15, -0.1) is 0 Å². The highest BCUT2D eigenvalue weighted by Gasteiger charge is 2.24. The molecule has 0 aromatic heterocycles. The molecule has 4 aromatic carbocycles. The van der Waals surface area contributed by atoms with Crippen LogP contribution < -0.4 is 14.2 Å². The Balaban J connectivity index is 1.85. The van der Waals surface area contributed by atoms with Crippen LogP contribution in [0.3, 0.4) is 0 Å². The van der Waals surface area contributed by atoms with E-state index in [1.807, 2.05) is 6.07 Å². The quantitative estimate of drug-likeness (QED) is 0.193. The minimum atomic E-state index is -0.129. The summed E-state index contributed by atoms with van der Waals surface area (Å²) in [5.74, 6) is 3.07. The van der Waals surface area contributed by atoms with E-state index in [2.05, 4.69) is 119 Å². The Morgan fingerprint density at radius 1 is 0.413 bits per heavy atom. The summed E-state index contributed by atoms with van der Waals surface area (Å²) in [6.07, 6.45) is 0. The maximum absolute atomic E-state index is 13.8. The van der Waals surface area contributed by atoms with Gasteiger partial charge in [-0.25, -0.2) is 0 Å². The summed E-state index contributed by atoms with van der Waals surface area (Å²) >= 11 is 0. The van der Waals surface area contributed by atoms with Gasteiger partial charge in [0.25, 0.3) is 0 Å². The van der Waals surface area contributed by atoms with Crippen molar-refractivity contribution in [3.63, 3.8) is 0 Å². The molecule has 0 N–H and O–H groups in total. The van der Waals surface area contributed by atoms with Gasteiger partial charge in [-0.05, 0) is 105 Å². The van der Waals surface area contributed by atoms with E-state index in [-0.39, 0.29) is 27.4 Å². The van der Waals surface area contributed by atoms with Gasteiger partial charge in [0.05, 0.1) is 7.11 Å². The molecule has 0 radical (unpaired) electrons. The number of hydrogen-bond donors (Lipinski definition) is 0. The molecule has 0 amide bonds. The number of ether oxygens (including phenoxy) is 3. The van der Waals surface area contributed by atoms with Gasteiger partial charge in [-0.3, -0.25) is 4.79 Å². The normalized spacial score (nSPS) is 12.5. The highest BCUT2D eigenvalue weighted by molar-refractivity contribution is 6.09. The standard InChI is InChI=1S/C42H52O4/c1-39(2,3)29-20-30(40(4,5)6)23-36(22-29)45-34-18-28(38(43)27-14-16-33(44-13)17-15-27)19-35(26-34)46-37-24-31(41(7,8)9)21-32(25-37)42(10,11)12/h14-26H,1-13H3. The monoisotopic (exact) mass is 620 g/mol. The molecule has 4 heteroatoms. The van der Waals surface area contributed by atoms with Gasteiger partial charge >= 0.3 is 0 Å². The number of rotatable bonds is 7. The molecule has 0 atom stereocenters. The smallest absolute Gasteiger partial charge is 0.193 e. The van der Waals surface area contributed by atoms with E-state index in [9.17, 15) is 4.79 Å². The number of methoxy groups -OCH3 is 1. The molecule has 0 aliphatic carbocycles. The molecule has 0 bridgehead atoms. The number of ketones is 1. The molecule has 0 heterocycles. The third-order valence-corrected chi connectivity index (χ3v) is 8.24. The molecule has 0 fully saturated rings. The molecule has 0 spiro atoms. The lowest BCUT2D eigenvalue weighted by Crippen LogP contribution is -2.16. The highest BCUT2D eigenvalue weighted by atomic mass is 16.5. The fraction of sp³-hybridized carbons (Fsp3) is 0.405. The van der Waals surface area contributed by atoms with Gasteiger partial charge in [0.1, 0.15) is 28.7 Å². The summed E-state index contributed by atoms with van der Waals surface area (Å²) < 4.78 is 18.5. The average molecular weight is 621 g/mol. The maximum atomic E-state index is 13.8. The van der Waals surface area contributed by atoms with Crippen LogP contribution in [0, 0.1) is 0 Å². The van der Waals surface area contributed by atoms with E-state index < -0.39 is 0 Å². The first-order valence-corrected chi connectivity index (χ1v) is 16.2. The van der Waals surface area contributed by atoms with Crippen molar-refractivity contribution in [1.29, 1.82) is 0 Å². The number of carbonyl (C=O) groups excluding carboxylic acids is 1. The summed E-state index contributed by atoms with van der Waals surface area (Å²) in [4.78, 5) is 13.8. The van der Waals surface area contributed by atoms with E-state index in [1.165, 1.54) is 22.3 Å². The third-order valence-electron chi connectivity index (χ3n) is 8.24. The van der Waals surface area contributed by atoms with Crippen LogP contribution in [0.15, 0.2) is 78.9 Å². The highest BCUT2D eigenvalue weighted by Crippen LogP contribution is 2.38. The summed E-state index contributed by atoms with van der Waals surface area (Å²) in [6, 6.07) is 25.5. The van der Waals surface area contributed by atoms with E-state index in [0.29, 0.717) is 28.4 Å². The van der Waals surface area contributed by atoms with Crippen molar-refractivity contribution >= 4 is 5.78 Å². The predicted octanol–water partition coefficient (Wildman–Crippen LogP) is 11.7. The summed E-state index contributed by atoms with van der Waals surface area (Å²) in [5, 5.41) is 0. The van der Waals surface area contributed by atoms with Crippen LogP contribution in [-0.2, 0) is 21.7 Å². The Hall–Kier alpha value is -4.05. The Morgan fingerprint density at radius 3 is 1.04 bits per heavy atom. The van der Waals surface area contributed by atoms with Gasteiger partial charge < -0.3 is 14.2 Å². The van der Waals surface area contributed by atoms with Gasteiger partial charge in [0.2, 0.25) is 0 Å². The SMILES string of the molecule is COc1ccc(C(=O)c2cc(Oc3cc(C(C)(C)C)cc(C(C)(C)C)c3)cc(Oc3cc(C(C)(C)C)cc(C(C)(C)C)c3)c2)cc1. The van der Waals surface area contributed by atoms with Gasteiger partial charge in [0, 0.05) is 17.2 Å². The Labute approximate surface area is 277 Å². The van der Waals surface area contributed by atoms with Gasteiger partial charge in [-0.2, -0.15) is 0 Å². The summed E-state index contributed by atoms with van der Waals surface area (Å²) in [7, 11) is 1.61. The van der Waals surface area contributed by atoms with Crippen molar-refractivity contribution in [1.82, 2.24) is 0 Å². The van der Waals surface area contributed by atoms with Crippen molar-refractivity contribution < 1.29 is 19.0 Å². The minimum Gasteiger partial charge on any atom is -0.497 e. The molecule has 4 rings (SSSR count). The van der Waals surface area contributed by atoms with Crippen LogP contribution in [0.4, 0.5) is 0 Å². The zero-order chi connectivity index (χ0) is 34.2. The van der Waals surface area contributed by atoms with Gasteiger partial charge in [0.15, 0.2) is 5.78 Å². The second kappa shape index (κ2) is 12.6. The first-order valence-electron chi connectivity index (χ1n) is 16.2. The molecule has 4 nitrogen and oxygen atoms in total. The molecular formula is C42H52O4. The Bertz CT molecular complexity index is 1540. The third kappa shape index (κ3) is 8.60. The molecular weight excluding hydrogens is 568 g/mol. The minimum absolute atomic E-state index is 0.0668. The zero-order valence-electron chi connectivity index (χ0n) is 30.1. The van der Waals surface area contributed by atoms with E-state index >= 15 is 0 Å². The van der Waals surface area contributed by atoms with Crippen LogP contribution in [0.5, 0.6) is 28.7 Å². The van der Waals surface area contributed by atoms with Gasteiger partial charge in [-0.1, -0.05) is 95.2 Å². The molecule has 0 aliphatic rings. The first-order chi connectivity index (χ1) is 21.1. The Morgan fingerprint density at radius 2 is 0.739 bits per heavy atom. The molecule has 244 valence electrons. The maximum Gasteiger partial charge on any atom is 0.193 e. The largest absolute Gasteiger partial charge is 0.497 e. The lowest BCUT2D eigenvalue weighted by molar-refractivity contribution is 0.103. The molecule has 0 unspecified atom stereocenters. The molecule has 0 saturated heterocycles. The zero-order valence-corrected chi connectivity index (χ0v) is 30.1. The second-order valence-corrected chi connectivity index (χ2v) is 16.4. The summed E-state index contributed by atoms with van der Waals surface area (Å²) in [6.45, 7) is 26.5. The van der Waals surface area contributed by atoms with Crippen LogP contribution in [0.25, 0.3) is 0 Å². The van der Waals surface area contributed by atoms with Crippen molar-refractivity contribution in [2.45, 2.75) is 105 Å². The van der Waals surface area contributed by atoms with Crippen LogP contribution in [-0.4, -0.2) is 12.9 Å². The average Bonchev–Trinajstić information content (AvgIpc) is 2.94. The van der Waals surface area contributed by atoms with Crippen molar-refractivity contribution in [3.05, 3.63) is 112 Å². The van der Waals surface area contributed by atoms with E-state index in [0.717, 1.165) is 11.5 Å². The lowest BCUT2D eigenvalue weighted by Gasteiger charge is -2.26. The fourth-order valence-electron chi connectivity index (χ4n) is 5.05. The molecule has 0 aliphatic heterocycles. The van der Waals surface area contributed by atoms with Crippen molar-refractivity contribution in [3.8, 4) is 28.7 Å². The first kappa shape index (κ1) is 34.8. The number of hydrogen-bond acceptors (Lipinski definition) is 4. The lowest BCUT2D eigenvalue weighted by atomic mass is 9.80. The molecule has 0 saturated carbocycles. The summed E-state index contributed by atoms with van der Waals surface area (Å²) in [5.41, 5.74) is 5.51. The molecule has 4 aromatic rings. The van der Waals surface area contributed by atoms with Crippen molar-refractivity contribution in [2.75, 3.05) is 7.11 Å². The van der Waals surface area contributed by atoms with Crippen molar-refractivity contribution in [2.24, 2.45) is 0 Å². The fourth-order valence-corrected chi connectivity index (χ4v) is 5.05. The molecule has 46 heavy (non-hydrogen) atoms. The van der Waals surface area contributed by atoms with Crippen LogP contribution in [0.2, 0.25) is 0 Å².